The molecule has 6 nitrogen and oxygen atoms in total. The van der Waals surface area contributed by atoms with Gasteiger partial charge in [0.1, 0.15) is 0 Å². The van der Waals surface area contributed by atoms with Crippen molar-refractivity contribution in [2.75, 3.05) is 32.4 Å². The van der Waals surface area contributed by atoms with Crippen molar-refractivity contribution in [3.8, 4) is 0 Å². The van der Waals surface area contributed by atoms with E-state index in [0.29, 0.717) is 12.3 Å². The highest BCUT2D eigenvalue weighted by Crippen LogP contribution is 2.25. The summed E-state index contributed by atoms with van der Waals surface area (Å²) in [5.74, 6) is 0.700. The van der Waals surface area contributed by atoms with E-state index < -0.39 is 10.0 Å². The Labute approximate surface area is 114 Å². The van der Waals surface area contributed by atoms with Gasteiger partial charge in [0, 0.05) is 24.4 Å². The second-order valence-electron chi connectivity index (χ2n) is 5.03. The molecule has 2 N–H and O–H groups in total. The Balaban J connectivity index is 1.79. The van der Waals surface area contributed by atoms with Gasteiger partial charge in [0.05, 0.1) is 5.75 Å². The molecule has 2 heterocycles. The largest absolute Gasteiger partial charge is 0.303 e. The van der Waals surface area contributed by atoms with E-state index in [9.17, 15) is 8.42 Å². The van der Waals surface area contributed by atoms with Crippen LogP contribution in [0.4, 0.5) is 0 Å². The SMILES string of the molecule is CNS(=O)(=O)CCCN1CCCC(c2ccn[nH]2)C1. The summed E-state index contributed by atoms with van der Waals surface area (Å²) in [7, 11) is -1.61. The lowest BCUT2D eigenvalue weighted by Crippen LogP contribution is -2.36. The molecule has 19 heavy (non-hydrogen) atoms. The van der Waals surface area contributed by atoms with Gasteiger partial charge in [0.2, 0.25) is 10.0 Å². The zero-order valence-corrected chi connectivity index (χ0v) is 12.1. The molecular weight excluding hydrogens is 264 g/mol. The van der Waals surface area contributed by atoms with Crippen molar-refractivity contribution >= 4 is 10.0 Å². The van der Waals surface area contributed by atoms with Crippen LogP contribution in [0.5, 0.6) is 0 Å². The molecule has 0 spiro atoms. The number of aromatic amines is 1. The zero-order valence-electron chi connectivity index (χ0n) is 11.3. The molecule has 0 amide bonds. The minimum absolute atomic E-state index is 0.203. The van der Waals surface area contributed by atoms with Crippen LogP contribution in [0.3, 0.4) is 0 Å². The topological polar surface area (TPSA) is 78.1 Å². The third-order valence-electron chi connectivity index (χ3n) is 3.67. The average Bonchev–Trinajstić information content (AvgIpc) is 2.93. The highest BCUT2D eigenvalue weighted by Gasteiger charge is 2.22. The first-order valence-corrected chi connectivity index (χ1v) is 8.39. The summed E-state index contributed by atoms with van der Waals surface area (Å²) in [4.78, 5) is 2.35. The first kappa shape index (κ1) is 14.5. The molecule has 1 saturated heterocycles. The molecule has 108 valence electrons. The quantitative estimate of drug-likeness (QED) is 0.799. The van der Waals surface area contributed by atoms with Gasteiger partial charge in [0.25, 0.3) is 0 Å². The highest BCUT2D eigenvalue weighted by molar-refractivity contribution is 7.89. The number of hydrogen-bond donors (Lipinski definition) is 2. The summed E-state index contributed by atoms with van der Waals surface area (Å²) in [6.07, 6.45) is 4.79. The number of nitrogens with one attached hydrogen (secondary N) is 2. The number of nitrogens with zero attached hydrogens (tertiary/aromatic N) is 2. The lowest BCUT2D eigenvalue weighted by atomic mass is 9.95. The van der Waals surface area contributed by atoms with E-state index in [-0.39, 0.29) is 5.75 Å². The summed E-state index contributed by atoms with van der Waals surface area (Å²) in [6.45, 7) is 2.89. The minimum Gasteiger partial charge on any atom is -0.303 e. The van der Waals surface area contributed by atoms with Gasteiger partial charge in [-0.2, -0.15) is 5.10 Å². The normalized spacial score (nSPS) is 21.6. The molecule has 0 bridgehead atoms. The maximum absolute atomic E-state index is 11.3. The molecule has 1 unspecified atom stereocenters. The van der Waals surface area contributed by atoms with Gasteiger partial charge in [0.15, 0.2) is 0 Å². The van der Waals surface area contributed by atoms with E-state index >= 15 is 0 Å². The molecule has 7 heteroatoms. The van der Waals surface area contributed by atoms with Crippen LogP contribution >= 0.6 is 0 Å². The number of likely N-dealkylation sites (tertiary alicyclic amines) is 1. The van der Waals surface area contributed by atoms with Crippen LogP contribution < -0.4 is 4.72 Å². The Bertz CT molecular complexity index is 472. The van der Waals surface area contributed by atoms with Crippen LogP contribution in [0, 0.1) is 0 Å². The molecular formula is C12H22N4O2S. The maximum atomic E-state index is 11.3. The minimum atomic E-state index is -3.07. The second-order valence-corrected chi connectivity index (χ2v) is 7.07. The molecule has 1 fully saturated rings. The van der Waals surface area contributed by atoms with Crippen LogP contribution in [-0.4, -0.2) is 55.9 Å². The van der Waals surface area contributed by atoms with Crippen molar-refractivity contribution in [1.29, 1.82) is 0 Å². The molecule has 1 aromatic heterocycles. The molecule has 1 atom stereocenters. The lowest BCUT2D eigenvalue weighted by Gasteiger charge is -2.32. The first-order valence-electron chi connectivity index (χ1n) is 6.73. The van der Waals surface area contributed by atoms with E-state index in [2.05, 4.69) is 19.8 Å². The van der Waals surface area contributed by atoms with Crippen molar-refractivity contribution in [1.82, 2.24) is 19.8 Å². The fourth-order valence-electron chi connectivity index (χ4n) is 2.59. The van der Waals surface area contributed by atoms with E-state index in [4.69, 9.17) is 0 Å². The number of aromatic nitrogens is 2. The van der Waals surface area contributed by atoms with Crippen LogP contribution in [0.25, 0.3) is 0 Å². The Morgan fingerprint density at radius 2 is 2.42 bits per heavy atom. The van der Waals surface area contributed by atoms with Gasteiger partial charge in [-0.1, -0.05) is 0 Å². The van der Waals surface area contributed by atoms with Gasteiger partial charge in [-0.05, 0) is 45.5 Å². The fourth-order valence-corrected chi connectivity index (χ4v) is 3.30. The Kier molecular flexibility index (Phi) is 4.95. The Morgan fingerprint density at radius 1 is 1.58 bits per heavy atom. The van der Waals surface area contributed by atoms with Crippen molar-refractivity contribution in [2.24, 2.45) is 0 Å². The molecule has 1 aromatic rings. The van der Waals surface area contributed by atoms with Crippen molar-refractivity contribution in [3.05, 3.63) is 18.0 Å². The number of hydrogen-bond acceptors (Lipinski definition) is 4. The summed E-state index contributed by atoms with van der Waals surface area (Å²) >= 11 is 0. The molecule has 0 aliphatic carbocycles. The first-order chi connectivity index (χ1) is 9.11. The third-order valence-corrected chi connectivity index (χ3v) is 5.11. The summed E-state index contributed by atoms with van der Waals surface area (Å²) in [5, 5.41) is 7.03. The van der Waals surface area contributed by atoms with E-state index in [1.54, 1.807) is 6.20 Å². The van der Waals surface area contributed by atoms with Gasteiger partial charge >= 0.3 is 0 Å². The zero-order chi connectivity index (χ0) is 13.7. The standard InChI is InChI=1S/C12H22N4O2S/c1-13-19(17,18)9-3-8-16-7-2-4-11(10-16)12-5-6-14-15-12/h5-6,11,13H,2-4,7-10H2,1H3,(H,14,15). The van der Waals surface area contributed by atoms with E-state index in [1.807, 2.05) is 6.07 Å². The lowest BCUT2D eigenvalue weighted by molar-refractivity contribution is 0.207. The number of sulfonamides is 1. The van der Waals surface area contributed by atoms with Gasteiger partial charge in [-0.25, -0.2) is 13.1 Å². The van der Waals surface area contributed by atoms with Crippen LogP contribution in [0.1, 0.15) is 30.9 Å². The maximum Gasteiger partial charge on any atom is 0.211 e. The number of rotatable bonds is 6. The number of H-pyrrole nitrogens is 1. The molecule has 1 aliphatic rings. The third kappa shape index (κ3) is 4.29. The van der Waals surface area contributed by atoms with E-state index in [1.165, 1.54) is 19.2 Å². The Hall–Kier alpha value is -0.920. The summed E-state index contributed by atoms with van der Waals surface area (Å²) in [6, 6.07) is 2.03. The number of piperidine rings is 1. The van der Waals surface area contributed by atoms with E-state index in [0.717, 1.165) is 26.1 Å². The van der Waals surface area contributed by atoms with Gasteiger partial charge in [-0.3, -0.25) is 5.10 Å². The average molecular weight is 286 g/mol. The van der Waals surface area contributed by atoms with Crippen LogP contribution in [0.15, 0.2) is 12.3 Å². The predicted molar refractivity (Wildman–Crippen MR) is 74.5 cm³/mol. The van der Waals surface area contributed by atoms with Gasteiger partial charge < -0.3 is 4.90 Å². The van der Waals surface area contributed by atoms with Gasteiger partial charge in [-0.15, -0.1) is 0 Å². The predicted octanol–water partition coefficient (Wildman–Crippen LogP) is 0.528. The molecule has 2 rings (SSSR count). The highest BCUT2D eigenvalue weighted by atomic mass is 32.2. The molecule has 0 radical (unpaired) electrons. The fraction of sp³-hybridized carbons (Fsp3) is 0.750. The monoisotopic (exact) mass is 286 g/mol. The molecule has 0 saturated carbocycles. The smallest absolute Gasteiger partial charge is 0.211 e. The van der Waals surface area contributed by atoms with Crippen LogP contribution in [-0.2, 0) is 10.0 Å². The van der Waals surface area contributed by atoms with Crippen molar-refractivity contribution < 1.29 is 8.42 Å². The Morgan fingerprint density at radius 3 is 3.11 bits per heavy atom. The van der Waals surface area contributed by atoms with Crippen LogP contribution in [0.2, 0.25) is 0 Å². The summed E-state index contributed by atoms with van der Waals surface area (Å²) in [5.41, 5.74) is 1.19. The van der Waals surface area contributed by atoms with Crippen molar-refractivity contribution in [3.63, 3.8) is 0 Å². The molecule has 0 aromatic carbocycles. The van der Waals surface area contributed by atoms with Crippen molar-refractivity contribution in [2.45, 2.75) is 25.2 Å². The second kappa shape index (κ2) is 6.49. The molecule has 1 aliphatic heterocycles. The summed E-state index contributed by atoms with van der Waals surface area (Å²) < 4.78 is 25.0.